The van der Waals surface area contributed by atoms with Gasteiger partial charge in [-0.25, -0.2) is 18.2 Å². The number of benzene rings is 4. The molecule has 0 radical (unpaired) electrons. The number of carbonyl (C=O) groups is 1. The summed E-state index contributed by atoms with van der Waals surface area (Å²) in [6.45, 7) is 0.0147. The molecule has 0 aliphatic carbocycles. The standard InChI is InChI=1S/C27H22FN3O3S/c28-25-17-9-7-13-22(25)19-29-30-27(32)24-16-8-10-18-26(24)31(20-21-11-3-1-4-12-21)35(33,34)23-14-5-2-6-15-23/h1-19H,20H2,(H,30,32)/b29-19+. The molecule has 0 saturated heterocycles. The maximum atomic E-state index is 13.8. The number of hydrogen-bond acceptors (Lipinski definition) is 4. The van der Waals surface area contributed by atoms with E-state index in [-0.39, 0.29) is 28.3 Å². The summed E-state index contributed by atoms with van der Waals surface area (Å²) in [6.07, 6.45) is 1.19. The predicted molar refractivity (Wildman–Crippen MR) is 134 cm³/mol. The van der Waals surface area contributed by atoms with Gasteiger partial charge in [-0.3, -0.25) is 9.10 Å². The number of nitrogens with zero attached hydrogens (tertiary/aromatic N) is 2. The number of amides is 1. The molecule has 0 aliphatic heterocycles. The van der Waals surface area contributed by atoms with Crippen LogP contribution in [0.15, 0.2) is 119 Å². The fraction of sp³-hybridized carbons (Fsp3) is 0.0370. The first kappa shape index (κ1) is 23.8. The fourth-order valence-electron chi connectivity index (χ4n) is 3.45. The molecule has 0 fully saturated rings. The molecule has 35 heavy (non-hydrogen) atoms. The molecule has 0 heterocycles. The Morgan fingerprint density at radius 2 is 1.43 bits per heavy atom. The Bertz CT molecular complexity index is 1440. The van der Waals surface area contributed by atoms with Crippen LogP contribution < -0.4 is 9.73 Å². The van der Waals surface area contributed by atoms with E-state index in [4.69, 9.17) is 0 Å². The monoisotopic (exact) mass is 487 g/mol. The van der Waals surface area contributed by atoms with Crippen molar-refractivity contribution in [3.05, 3.63) is 132 Å². The van der Waals surface area contributed by atoms with Crippen LogP contribution in [0.5, 0.6) is 0 Å². The van der Waals surface area contributed by atoms with Gasteiger partial charge in [0.15, 0.2) is 0 Å². The van der Waals surface area contributed by atoms with E-state index in [0.29, 0.717) is 0 Å². The maximum absolute atomic E-state index is 13.8. The number of nitrogens with one attached hydrogen (secondary N) is 1. The minimum absolute atomic E-state index is 0.0147. The first-order valence-corrected chi connectivity index (χ1v) is 12.2. The van der Waals surface area contributed by atoms with E-state index in [9.17, 15) is 17.6 Å². The zero-order chi connectivity index (χ0) is 24.7. The minimum Gasteiger partial charge on any atom is -0.267 e. The number of carbonyl (C=O) groups excluding carboxylic acids is 1. The number of hydrogen-bond donors (Lipinski definition) is 1. The highest BCUT2D eigenvalue weighted by atomic mass is 32.2. The van der Waals surface area contributed by atoms with Gasteiger partial charge in [0, 0.05) is 5.56 Å². The lowest BCUT2D eigenvalue weighted by molar-refractivity contribution is 0.0955. The Balaban J connectivity index is 1.70. The SMILES string of the molecule is O=C(N/N=C/c1ccccc1F)c1ccccc1N(Cc1ccccc1)S(=O)(=O)c1ccccc1. The second-order valence-corrected chi connectivity index (χ2v) is 9.41. The summed E-state index contributed by atoms with van der Waals surface area (Å²) in [4.78, 5) is 13.1. The number of halogens is 1. The third-order valence-electron chi connectivity index (χ3n) is 5.19. The second-order valence-electron chi connectivity index (χ2n) is 7.55. The normalized spacial score (nSPS) is 11.3. The second kappa shape index (κ2) is 10.8. The molecular formula is C27H22FN3O3S. The molecule has 0 saturated carbocycles. The zero-order valence-corrected chi connectivity index (χ0v) is 19.4. The fourth-order valence-corrected chi connectivity index (χ4v) is 4.94. The molecule has 4 aromatic rings. The summed E-state index contributed by atoms with van der Waals surface area (Å²) in [5.74, 6) is -1.11. The Labute approximate surface area is 203 Å². The first-order chi connectivity index (χ1) is 17.0. The van der Waals surface area contributed by atoms with Gasteiger partial charge in [0.25, 0.3) is 15.9 Å². The summed E-state index contributed by atoms with van der Waals surface area (Å²) in [6, 6.07) is 29.5. The summed E-state index contributed by atoms with van der Waals surface area (Å²) in [5, 5.41) is 3.85. The van der Waals surface area contributed by atoms with Gasteiger partial charge in [0.2, 0.25) is 0 Å². The number of sulfonamides is 1. The first-order valence-electron chi connectivity index (χ1n) is 10.8. The maximum Gasteiger partial charge on any atom is 0.273 e. The van der Waals surface area contributed by atoms with Crippen molar-refractivity contribution in [2.45, 2.75) is 11.4 Å². The molecule has 176 valence electrons. The lowest BCUT2D eigenvalue weighted by Crippen LogP contribution is -2.33. The summed E-state index contributed by atoms with van der Waals surface area (Å²) in [7, 11) is -4.01. The van der Waals surface area contributed by atoms with E-state index in [1.165, 1.54) is 40.9 Å². The lowest BCUT2D eigenvalue weighted by Gasteiger charge is -2.26. The number of hydrazone groups is 1. The minimum atomic E-state index is -4.01. The van der Waals surface area contributed by atoms with Crippen molar-refractivity contribution in [2.75, 3.05) is 4.31 Å². The zero-order valence-electron chi connectivity index (χ0n) is 18.6. The number of anilines is 1. The van der Waals surface area contributed by atoms with E-state index in [2.05, 4.69) is 10.5 Å². The van der Waals surface area contributed by atoms with E-state index in [0.717, 1.165) is 5.56 Å². The van der Waals surface area contributed by atoms with E-state index in [1.807, 2.05) is 30.3 Å². The third-order valence-corrected chi connectivity index (χ3v) is 6.97. The number of rotatable bonds is 8. The van der Waals surface area contributed by atoms with Gasteiger partial charge in [0.1, 0.15) is 5.82 Å². The van der Waals surface area contributed by atoms with Gasteiger partial charge in [-0.05, 0) is 35.9 Å². The highest BCUT2D eigenvalue weighted by Crippen LogP contribution is 2.29. The van der Waals surface area contributed by atoms with Crippen LogP contribution in [0, 0.1) is 5.82 Å². The molecule has 0 bridgehead atoms. The van der Waals surface area contributed by atoms with E-state index < -0.39 is 21.7 Å². The molecule has 1 N–H and O–H groups in total. The molecule has 4 rings (SSSR count). The summed E-state index contributed by atoms with van der Waals surface area (Å²) < 4.78 is 42.4. The predicted octanol–water partition coefficient (Wildman–Crippen LogP) is 4.99. The van der Waals surface area contributed by atoms with E-state index in [1.54, 1.807) is 48.5 Å². The van der Waals surface area contributed by atoms with Crippen molar-refractivity contribution in [1.82, 2.24) is 5.43 Å². The average Bonchev–Trinajstić information content (AvgIpc) is 2.89. The topological polar surface area (TPSA) is 78.8 Å². The van der Waals surface area contributed by atoms with Crippen molar-refractivity contribution in [3.8, 4) is 0 Å². The van der Waals surface area contributed by atoms with Crippen molar-refractivity contribution in [3.63, 3.8) is 0 Å². The Kier molecular flexibility index (Phi) is 7.32. The van der Waals surface area contributed by atoms with Crippen molar-refractivity contribution in [2.24, 2.45) is 5.10 Å². The third kappa shape index (κ3) is 5.62. The largest absolute Gasteiger partial charge is 0.273 e. The van der Waals surface area contributed by atoms with Gasteiger partial charge < -0.3 is 0 Å². The molecule has 4 aromatic carbocycles. The Morgan fingerprint density at radius 1 is 0.829 bits per heavy atom. The molecule has 8 heteroatoms. The Hall–Kier alpha value is -4.30. The smallest absolute Gasteiger partial charge is 0.267 e. The average molecular weight is 488 g/mol. The van der Waals surface area contributed by atoms with Crippen LogP contribution in [0.25, 0.3) is 0 Å². The highest BCUT2D eigenvalue weighted by Gasteiger charge is 2.28. The summed E-state index contributed by atoms with van der Waals surface area (Å²) in [5.41, 5.74) is 3.62. The molecule has 6 nitrogen and oxygen atoms in total. The molecule has 0 unspecified atom stereocenters. The molecule has 1 amide bonds. The summed E-state index contributed by atoms with van der Waals surface area (Å²) >= 11 is 0. The van der Waals surface area contributed by atoms with Gasteiger partial charge in [0.05, 0.1) is 28.9 Å². The molecule has 0 aromatic heterocycles. The molecule has 0 atom stereocenters. The highest BCUT2D eigenvalue weighted by molar-refractivity contribution is 7.92. The van der Waals surface area contributed by atoms with Gasteiger partial charge in [-0.15, -0.1) is 0 Å². The van der Waals surface area contributed by atoms with Crippen molar-refractivity contribution < 1.29 is 17.6 Å². The lowest BCUT2D eigenvalue weighted by atomic mass is 10.1. The van der Waals surface area contributed by atoms with Gasteiger partial charge in [-0.2, -0.15) is 5.10 Å². The quantitative estimate of drug-likeness (QED) is 0.281. The van der Waals surface area contributed by atoms with Gasteiger partial charge in [-0.1, -0.05) is 78.9 Å². The number of para-hydroxylation sites is 1. The molecular weight excluding hydrogens is 465 g/mol. The van der Waals surface area contributed by atoms with Crippen LogP contribution in [0.1, 0.15) is 21.5 Å². The van der Waals surface area contributed by atoms with Crippen LogP contribution in [0.2, 0.25) is 0 Å². The Morgan fingerprint density at radius 3 is 2.14 bits per heavy atom. The van der Waals surface area contributed by atoms with E-state index >= 15 is 0 Å². The molecule has 0 aliphatic rings. The van der Waals surface area contributed by atoms with Crippen LogP contribution in [0.3, 0.4) is 0 Å². The van der Waals surface area contributed by atoms with Gasteiger partial charge >= 0.3 is 0 Å². The molecule has 0 spiro atoms. The van der Waals surface area contributed by atoms with Crippen LogP contribution >= 0.6 is 0 Å². The van der Waals surface area contributed by atoms with Crippen LogP contribution in [0.4, 0.5) is 10.1 Å². The van der Waals surface area contributed by atoms with Crippen molar-refractivity contribution >= 4 is 27.8 Å². The van der Waals surface area contributed by atoms with Crippen LogP contribution in [-0.4, -0.2) is 20.5 Å². The van der Waals surface area contributed by atoms with Crippen LogP contribution in [-0.2, 0) is 16.6 Å². The van der Waals surface area contributed by atoms with Crippen molar-refractivity contribution in [1.29, 1.82) is 0 Å².